The van der Waals surface area contributed by atoms with Gasteiger partial charge >= 0.3 is 0 Å². The average Bonchev–Trinajstić information content (AvgIpc) is 1.88. The van der Waals surface area contributed by atoms with E-state index in [4.69, 9.17) is 5.73 Å². The number of nitrogens with one attached hydrogen (secondary N) is 1. The van der Waals surface area contributed by atoms with Gasteiger partial charge in [-0.1, -0.05) is 6.42 Å². The lowest BCUT2D eigenvalue weighted by molar-refractivity contribution is 0.326. The minimum atomic E-state index is 0.475. The van der Waals surface area contributed by atoms with E-state index in [1.165, 1.54) is 25.7 Å². The molecule has 0 aromatic carbocycles. The molecule has 0 aromatic heterocycles. The molecule has 0 radical (unpaired) electrons. The average molecular weight is 254 g/mol. The molecule has 0 aromatic rings. The third-order valence-corrected chi connectivity index (χ3v) is 2.63. The van der Waals surface area contributed by atoms with E-state index in [9.17, 15) is 0 Å². The van der Waals surface area contributed by atoms with Crippen LogP contribution < -0.4 is 9.26 Å². The molecule has 0 aliphatic heterocycles. The summed E-state index contributed by atoms with van der Waals surface area (Å²) in [6, 6.07) is 0.475. The molecule has 60 valence electrons. The highest BCUT2D eigenvalue weighted by Crippen LogP contribution is 2.22. The van der Waals surface area contributed by atoms with Gasteiger partial charge in [0.2, 0.25) is 0 Å². The molecule has 0 amide bonds. The molecule has 1 fully saturated rings. The maximum atomic E-state index is 5.83. The molecule has 0 spiro atoms. The maximum Gasteiger partial charge on any atom is 0.0169 e. The Kier molecular flexibility index (Phi) is 3.95. The summed E-state index contributed by atoms with van der Waals surface area (Å²) in [6.45, 7) is 1.13. The van der Waals surface area contributed by atoms with Gasteiger partial charge in [-0.2, -0.15) is 0 Å². The van der Waals surface area contributed by atoms with Crippen molar-refractivity contribution in [2.75, 3.05) is 6.54 Å². The van der Waals surface area contributed by atoms with Crippen LogP contribution in [-0.2, 0) is 0 Å². The van der Waals surface area contributed by atoms with Crippen LogP contribution in [0.15, 0.2) is 0 Å². The molecule has 3 N–H and O–H groups in total. The van der Waals surface area contributed by atoms with Crippen LogP contribution >= 0.6 is 22.9 Å². The summed E-state index contributed by atoms with van der Waals surface area (Å²) >= 11 is 2.21. The molecule has 1 saturated carbocycles. The van der Waals surface area contributed by atoms with Crippen molar-refractivity contribution >= 4 is 22.9 Å². The summed E-state index contributed by atoms with van der Waals surface area (Å²) in [4.78, 5) is 0. The smallest absolute Gasteiger partial charge is 0.0169 e. The van der Waals surface area contributed by atoms with E-state index in [-0.39, 0.29) is 0 Å². The number of halogens is 1. The topological polar surface area (TPSA) is 38.0 Å². The predicted molar refractivity (Wildman–Crippen MR) is 52.0 cm³/mol. The van der Waals surface area contributed by atoms with Crippen LogP contribution in [0.1, 0.15) is 25.7 Å². The van der Waals surface area contributed by atoms with Gasteiger partial charge in [-0.05, 0) is 25.2 Å². The second-order valence-electron chi connectivity index (χ2n) is 3.13. The van der Waals surface area contributed by atoms with E-state index in [1.807, 2.05) is 0 Å². The molecule has 0 heterocycles. The summed E-state index contributed by atoms with van der Waals surface area (Å²) in [5, 5.41) is 0. The Hall–Kier alpha value is 0.650. The summed E-state index contributed by atoms with van der Waals surface area (Å²) in [6.07, 6.45) is 5.14. The van der Waals surface area contributed by atoms with Crippen molar-refractivity contribution in [3.8, 4) is 0 Å². The van der Waals surface area contributed by atoms with Crippen LogP contribution in [-0.4, -0.2) is 12.6 Å². The molecule has 2 unspecified atom stereocenters. The van der Waals surface area contributed by atoms with Crippen LogP contribution in [0.5, 0.6) is 0 Å². The largest absolute Gasteiger partial charge is 0.328 e. The van der Waals surface area contributed by atoms with E-state index in [0.717, 1.165) is 12.5 Å². The van der Waals surface area contributed by atoms with Crippen molar-refractivity contribution < 1.29 is 0 Å². The number of nitrogens with two attached hydrogens (primary N) is 1. The first-order valence-corrected chi connectivity index (χ1v) is 5.00. The zero-order valence-electron chi connectivity index (χ0n) is 6.15. The van der Waals surface area contributed by atoms with Gasteiger partial charge in [-0.3, -0.25) is 3.53 Å². The first-order valence-electron chi connectivity index (χ1n) is 3.92. The van der Waals surface area contributed by atoms with Crippen LogP contribution in [0.3, 0.4) is 0 Å². The molecule has 2 atom stereocenters. The fraction of sp³-hybridized carbons (Fsp3) is 1.00. The summed E-state index contributed by atoms with van der Waals surface area (Å²) in [5.74, 6) is 0.834. The van der Waals surface area contributed by atoms with Crippen molar-refractivity contribution in [1.82, 2.24) is 3.53 Å². The van der Waals surface area contributed by atoms with Crippen molar-refractivity contribution in [2.45, 2.75) is 31.7 Å². The Morgan fingerprint density at radius 2 is 2.30 bits per heavy atom. The van der Waals surface area contributed by atoms with Gasteiger partial charge in [0.1, 0.15) is 0 Å². The van der Waals surface area contributed by atoms with E-state index >= 15 is 0 Å². The molecule has 0 bridgehead atoms. The van der Waals surface area contributed by atoms with Crippen LogP contribution in [0.4, 0.5) is 0 Å². The van der Waals surface area contributed by atoms with Crippen LogP contribution in [0.2, 0.25) is 0 Å². The van der Waals surface area contributed by atoms with Crippen molar-refractivity contribution in [2.24, 2.45) is 11.7 Å². The first-order chi connectivity index (χ1) is 4.83. The molecule has 1 aliphatic carbocycles. The van der Waals surface area contributed by atoms with Crippen molar-refractivity contribution in [1.29, 1.82) is 0 Å². The Morgan fingerprint density at radius 3 is 2.90 bits per heavy atom. The predicted octanol–water partition coefficient (Wildman–Crippen LogP) is 1.44. The third kappa shape index (κ3) is 2.72. The SMILES string of the molecule is NC1CCCC(CNI)C1. The fourth-order valence-corrected chi connectivity index (χ4v) is 2.25. The van der Waals surface area contributed by atoms with Gasteiger partial charge in [0, 0.05) is 35.5 Å². The lowest BCUT2D eigenvalue weighted by Gasteiger charge is -2.25. The second-order valence-corrected chi connectivity index (χ2v) is 3.89. The Morgan fingerprint density at radius 1 is 1.50 bits per heavy atom. The number of hydrogen-bond donors (Lipinski definition) is 2. The summed E-state index contributed by atoms with van der Waals surface area (Å²) < 4.78 is 3.17. The van der Waals surface area contributed by atoms with Gasteiger partial charge in [0.15, 0.2) is 0 Å². The van der Waals surface area contributed by atoms with E-state index in [0.29, 0.717) is 6.04 Å². The minimum absolute atomic E-state index is 0.475. The molecule has 0 saturated heterocycles. The third-order valence-electron chi connectivity index (χ3n) is 2.19. The lowest BCUT2D eigenvalue weighted by atomic mass is 9.86. The molecule has 1 rings (SSSR count). The Labute approximate surface area is 76.4 Å². The molecule has 1 aliphatic rings. The van der Waals surface area contributed by atoms with Gasteiger partial charge in [-0.15, -0.1) is 0 Å². The van der Waals surface area contributed by atoms with Gasteiger partial charge in [0.05, 0.1) is 0 Å². The van der Waals surface area contributed by atoms with Crippen LogP contribution in [0, 0.1) is 5.92 Å². The van der Waals surface area contributed by atoms with E-state index < -0.39 is 0 Å². The summed E-state index contributed by atoms with van der Waals surface area (Å²) in [7, 11) is 0. The molecule has 3 heteroatoms. The first kappa shape index (κ1) is 8.74. The minimum Gasteiger partial charge on any atom is -0.328 e. The second kappa shape index (κ2) is 4.51. The highest BCUT2D eigenvalue weighted by molar-refractivity contribution is 14.1. The van der Waals surface area contributed by atoms with Crippen molar-refractivity contribution in [3.05, 3.63) is 0 Å². The summed E-state index contributed by atoms with van der Waals surface area (Å²) in [5.41, 5.74) is 5.83. The highest BCUT2D eigenvalue weighted by atomic mass is 127. The van der Waals surface area contributed by atoms with E-state index in [2.05, 4.69) is 26.4 Å². The zero-order chi connectivity index (χ0) is 7.40. The van der Waals surface area contributed by atoms with Gasteiger partial charge in [-0.25, -0.2) is 0 Å². The number of rotatable bonds is 2. The Balaban J connectivity index is 2.18. The standard InChI is InChI=1S/C7H15IN2/c8-10-5-6-2-1-3-7(9)4-6/h6-7,10H,1-5,9H2. The van der Waals surface area contributed by atoms with Crippen molar-refractivity contribution in [3.63, 3.8) is 0 Å². The van der Waals surface area contributed by atoms with Crippen LogP contribution in [0.25, 0.3) is 0 Å². The lowest BCUT2D eigenvalue weighted by Crippen LogP contribution is -2.31. The monoisotopic (exact) mass is 254 g/mol. The van der Waals surface area contributed by atoms with E-state index in [1.54, 1.807) is 0 Å². The Bertz CT molecular complexity index is 95.6. The van der Waals surface area contributed by atoms with Gasteiger partial charge in [0.25, 0.3) is 0 Å². The van der Waals surface area contributed by atoms with Gasteiger partial charge < -0.3 is 5.73 Å². The highest BCUT2D eigenvalue weighted by Gasteiger charge is 2.17. The zero-order valence-corrected chi connectivity index (χ0v) is 8.30. The molecular weight excluding hydrogens is 239 g/mol. The fourth-order valence-electron chi connectivity index (χ4n) is 1.63. The number of hydrogen-bond acceptors (Lipinski definition) is 2. The maximum absolute atomic E-state index is 5.83. The molecular formula is C7H15IN2. The normalized spacial score (nSPS) is 34.2. The quantitative estimate of drug-likeness (QED) is 0.578. The molecule has 2 nitrogen and oxygen atoms in total. The molecule has 10 heavy (non-hydrogen) atoms.